The Bertz CT molecular complexity index is 509. The number of nitrogen functional groups attached to an aromatic ring is 1. The summed E-state index contributed by atoms with van der Waals surface area (Å²) in [6.07, 6.45) is 0.740. The average Bonchev–Trinajstić information content (AvgIpc) is 2.23. The van der Waals surface area contributed by atoms with Gasteiger partial charge in [-0.3, -0.25) is 0 Å². The summed E-state index contributed by atoms with van der Waals surface area (Å²) in [5.74, 6) is 0. The first kappa shape index (κ1) is 14.0. The van der Waals surface area contributed by atoms with Gasteiger partial charge in [0.05, 0.1) is 5.69 Å². The lowest BCUT2D eigenvalue weighted by Gasteiger charge is -2.16. The van der Waals surface area contributed by atoms with Gasteiger partial charge in [-0.2, -0.15) is 0 Å². The van der Waals surface area contributed by atoms with Gasteiger partial charge in [0.1, 0.15) is 4.90 Å². The van der Waals surface area contributed by atoms with Crippen LogP contribution in [0.3, 0.4) is 0 Å². The Morgan fingerprint density at radius 1 is 1.29 bits per heavy atom. The smallest absolute Gasteiger partial charge is 0.243 e. The number of nitrogens with two attached hydrogens (primary N) is 1. The van der Waals surface area contributed by atoms with Crippen molar-refractivity contribution in [1.29, 1.82) is 0 Å². The molecule has 0 saturated carbocycles. The SMILES string of the molecule is CCC(C)NS(=O)(=O)c1c(C)ccc(C)c1N. The minimum Gasteiger partial charge on any atom is -0.397 e. The molecule has 1 aromatic rings. The molecule has 4 nitrogen and oxygen atoms in total. The van der Waals surface area contributed by atoms with Gasteiger partial charge in [0.15, 0.2) is 0 Å². The average molecular weight is 256 g/mol. The summed E-state index contributed by atoms with van der Waals surface area (Å²) in [5, 5.41) is 0. The fraction of sp³-hybridized carbons (Fsp3) is 0.500. The monoisotopic (exact) mass is 256 g/mol. The molecular weight excluding hydrogens is 236 g/mol. The zero-order valence-corrected chi connectivity index (χ0v) is 11.6. The molecular formula is C12H20N2O2S. The molecule has 1 aromatic carbocycles. The molecule has 17 heavy (non-hydrogen) atoms. The van der Waals surface area contributed by atoms with Crippen molar-refractivity contribution in [3.63, 3.8) is 0 Å². The van der Waals surface area contributed by atoms with Gasteiger partial charge in [-0.15, -0.1) is 0 Å². The second-order valence-corrected chi connectivity index (χ2v) is 6.02. The summed E-state index contributed by atoms with van der Waals surface area (Å²) in [6.45, 7) is 7.32. The standard InChI is InChI=1S/C12H20N2O2S/c1-5-10(4)14-17(15,16)12-9(3)7-6-8(2)11(12)13/h6-7,10,14H,5,13H2,1-4H3. The fourth-order valence-electron chi connectivity index (χ4n) is 1.57. The molecule has 0 heterocycles. The van der Waals surface area contributed by atoms with Crippen molar-refractivity contribution in [3.8, 4) is 0 Å². The molecule has 0 saturated heterocycles. The first-order chi connectivity index (χ1) is 7.79. The van der Waals surface area contributed by atoms with Crippen molar-refractivity contribution in [2.24, 2.45) is 0 Å². The minimum absolute atomic E-state index is 0.0979. The third-order valence-corrected chi connectivity index (χ3v) is 4.64. The molecule has 0 radical (unpaired) electrons. The zero-order chi connectivity index (χ0) is 13.2. The molecule has 0 bridgehead atoms. The lowest BCUT2D eigenvalue weighted by molar-refractivity contribution is 0.555. The molecule has 0 amide bonds. The second kappa shape index (κ2) is 5.06. The zero-order valence-electron chi connectivity index (χ0n) is 10.7. The van der Waals surface area contributed by atoms with Crippen molar-refractivity contribution in [1.82, 2.24) is 4.72 Å². The third kappa shape index (κ3) is 2.98. The Hall–Kier alpha value is -1.07. The lowest BCUT2D eigenvalue weighted by atomic mass is 10.1. The van der Waals surface area contributed by atoms with E-state index in [1.807, 2.05) is 19.9 Å². The molecule has 1 rings (SSSR count). The van der Waals surface area contributed by atoms with Gasteiger partial charge >= 0.3 is 0 Å². The maximum Gasteiger partial charge on any atom is 0.243 e. The van der Waals surface area contributed by atoms with Crippen LogP contribution in [0.2, 0.25) is 0 Å². The first-order valence-electron chi connectivity index (χ1n) is 5.67. The molecule has 1 atom stereocenters. The number of anilines is 1. The van der Waals surface area contributed by atoms with Crippen molar-refractivity contribution in [2.75, 3.05) is 5.73 Å². The minimum atomic E-state index is -3.53. The van der Waals surface area contributed by atoms with Crippen molar-refractivity contribution < 1.29 is 8.42 Å². The Balaban J connectivity index is 3.29. The highest BCUT2D eigenvalue weighted by Crippen LogP contribution is 2.25. The predicted molar refractivity (Wildman–Crippen MR) is 70.4 cm³/mol. The quantitative estimate of drug-likeness (QED) is 0.809. The summed E-state index contributed by atoms with van der Waals surface area (Å²) >= 11 is 0. The molecule has 1 unspecified atom stereocenters. The van der Waals surface area contributed by atoms with E-state index in [4.69, 9.17) is 5.73 Å². The van der Waals surface area contributed by atoms with Crippen molar-refractivity contribution >= 4 is 15.7 Å². The van der Waals surface area contributed by atoms with E-state index in [-0.39, 0.29) is 10.9 Å². The molecule has 0 aliphatic heterocycles. The van der Waals surface area contributed by atoms with Crippen molar-refractivity contribution in [2.45, 2.75) is 45.1 Å². The summed E-state index contributed by atoms with van der Waals surface area (Å²) < 4.78 is 27.0. The maximum atomic E-state index is 12.2. The number of aryl methyl sites for hydroxylation is 2. The van der Waals surface area contributed by atoms with Crippen LogP contribution in [0.25, 0.3) is 0 Å². The van der Waals surface area contributed by atoms with E-state index < -0.39 is 10.0 Å². The highest BCUT2D eigenvalue weighted by Gasteiger charge is 2.22. The van der Waals surface area contributed by atoms with E-state index in [0.29, 0.717) is 11.3 Å². The van der Waals surface area contributed by atoms with Gasteiger partial charge in [0.25, 0.3) is 0 Å². The topological polar surface area (TPSA) is 72.2 Å². The van der Waals surface area contributed by atoms with Crippen LogP contribution in [0, 0.1) is 13.8 Å². The number of benzene rings is 1. The van der Waals surface area contributed by atoms with Crippen LogP contribution >= 0.6 is 0 Å². The van der Waals surface area contributed by atoms with Gasteiger partial charge < -0.3 is 5.73 Å². The Morgan fingerprint density at radius 3 is 2.35 bits per heavy atom. The van der Waals surface area contributed by atoms with E-state index in [0.717, 1.165) is 12.0 Å². The fourth-order valence-corrected chi connectivity index (χ4v) is 3.33. The van der Waals surface area contributed by atoms with Gasteiger partial charge in [-0.25, -0.2) is 13.1 Å². The molecule has 0 spiro atoms. The van der Waals surface area contributed by atoms with E-state index in [9.17, 15) is 8.42 Å². The van der Waals surface area contributed by atoms with Crippen LogP contribution in [0.1, 0.15) is 31.4 Å². The van der Waals surface area contributed by atoms with Crippen molar-refractivity contribution in [3.05, 3.63) is 23.3 Å². The van der Waals surface area contributed by atoms with Crippen LogP contribution < -0.4 is 10.5 Å². The van der Waals surface area contributed by atoms with E-state index in [1.165, 1.54) is 0 Å². The first-order valence-corrected chi connectivity index (χ1v) is 7.16. The van der Waals surface area contributed by atoms with Crippen LogP contribution in [0.4, 0.5) is 5.69 Å². The van der Waals surface area contributed by atoms with Gasteiger partial charge in [0, 0.05) is 6.04 Å². The highest BCUT2D eigenvalue weighted by molar-refractivity contribution is 7.89. The molecule has 0 fully saturated rings. The number of hydrogen-bond acceptors (Lipinski definition) is 3. The molecule has 0 aliphatic carbocycles. The molecule has 0 aromatic heterocycles. The molecule has 3 N–H and O–H groups in total. The summed E-state index contributed by atoms with van der Waals surface area (Å²) in [5.41, 5.74) is 7.65. The number of nitrogens with one attached hydrogen (secondary N) is 1. The molecule has 96 valence electrons. The van der Waals surface area contributed by atoms with Crippen LogP contribution in [-0.2, 0) is 10.0 Å². The number of sulfonamides is 1. The maximum absolute atomic E-state index is 12.2. The third-order valence-electron chi connectivity index (χ3n) is 2.85. The Kier molecular flexibility index (Phi) is 4.16. The van der Waals surface area contributed by atoms with Crippen LogP contribution in [0.15, 0.2) is 17.0 Å². The van der Waals surface area contributed by atoms with Gasteiger partial charge in [0.2, 0.25) is 10.0 Å². The van der Waals surface area contributed by atoms with E-state index in [2.05, 4.69) is 4.72 Å². The number of hydrogen-bond donors (Lipinski definition) is 2. The van der Waals surface area contributed by atoms with E-state index in [1.54, 1.807) is 19.9 Å². The summed E-state index contributed by atoms with van der Waals surface area (Å²) in [6, 6.07) is 3.50. The van der Waals surface area contributed by atoms with Gasteiger partial charge in [-0.1, -0.05) is 19.1 Å². The van der Waals surface area contributed by atoms with Gasteiger partial charge in [-0.05, 0) is 38.3 Å². The largest absolute Gasteiger partial charge is 0.397 e. The highest BCUT2D eigenvalue weighted by atomic mass is 32.2. The molecule has 0 aliphatic rings. The Labute approximate surface area is 103 Å². The van der Waals surface area contributed by atoms with Crippen LogP contribution in [0.5, 0.6) is 0 Å². The predicted octanol–water partition coefficient (Wildman–Crippen LogP) is 1.96. The lowest BCUT2D eigenvalue weighted by Crippen LogP contribution is -2.33. The van der Waals surface area contributed by atoms with E-state index >= 15 is 0 Å². The second-order valence-electron chi connectivity index (χ2n) is 4.37. The Morgan fingerprint density at radius 2 is 1.82 bits per heavy atom. The summed E-state index contributed by atoms with van der Waals surface area (Å²) in [4.78, 5) is 0.206. The normalized spacial score (nSPS) is 13.6. The number of rotatable bonds is 4. The molecule has 5 heteroatoms. The summed E-state index contributed by atoms with van der Waals surface area (Å²) in [7, 11) is -3.53. The van der Waals surface area contributed by atoms with Crippen LogP contribution in [-0.4, -0.2) is 14.5 Å².